The van der Waals surface area contributed by atoms with Crippen molar-refractivity contribution < 1.29 is 18.0 Å². The third kappa shape index (κ3) is 2.91. The molecule has 0 spiro atoms. The molecule has 0 aliphatic rings. The second-order valence-corrected chi connectivity index (χ2v) is 4.47. The average Bonchev–Trinajstić information content (AvgIpc) is 2.91. The van der Waals surface area contributed by atoms with Crippen molar-refractivity contribution in [1.29, 1.82) is 0 Å². The van der Waals surface area contributed by atoms with Crippen LogP contribution in [0.2, 0.25) is 0 Å². The number of para-hydroxylation sites is 1. The highest BCUT2D eigenvalue weighted by molar-refractivity contribution is 5.95. The lowest BCUT2D eigenvalue weighted by molar-refractivity contribution is -0.143. The van der Waals surface area contributed by atoms with E-state index < -0.39 is 23.3 Å². The molecule has 0 radical (unpaired) electrons. The number of halogens is 3. The van der Waals surface area contributed by atoms with Crippen LogP contribution in [-0.2, 0) is 6.18 Å². The van der Waals surface area contributed by atoms with Gasteiger partial charge in [0.25, 0.3) is 5.91 Å². The summed E-state index contributed by atoms with van der Waals surface area (Å²) < 4.78 is 40.7. The quantitative estimate of drug-likeness (QED) is 0.873. The van der Waals surface area contributed by atoms with E-state index >= 15 is 0 Å². The van der Waals surface area contributed by atoms with E-state index in [4.69, 9.17) is 0 Å². The SMILES string of the molecule is CCN(C)C(=O)c1cnn(-c2ccccc2)c1C(F)(F)F. The summed E-state index contributed by atoms with van der Waals surface area (Å²) in [7, 11) is 1.45. The maximum absolute atomic E-state index is 13.3. The van der Waals surface area contributed by atoms with Crippen LogP contribution in [0.25, 0.3) is 5.69 Å². The third-order valence-electron chi connectivity index (χ3n) is 3.09. The van der Waals surface area contributed by atoms with E-state index in [1.807, 2.05) is 0 Å². The van der Waals surface area contributed by atoms with Gasteiger partial charge >= 0.3 is 6.18 Å². The lowest BCUT2D eigenvalue weighted by Gasteiger charge is -2.16. The first-order valence-electron chi connectivity index (χ1n) is 6.32. The van der Waals surface area contributed by atoms with Crippen molar-refractivity contribution in [2.24, 2.45) is 0 Å². The van der Waals surface area contributed by atoms with Gasteiger partial charge in [-0.1, -0.05) is 18.2 Å². The lowest BCUT2D eigenvalue weighted by atomic mass is 10.2. The number of hydrogen-bond acceptors (Lipinski definition) is 2. The molecule has 0 fully saturated rings. The molecule has 0 atom stereocenters. The maximum Gasteiger partial charge on any atom is 0.434 e. The molecule has 0 N–H and O–H groups in total. The van der Waals surface area contributed by atoms with Gasteiger partial charge in [-0.05, 0) is 19.1 Å². The molecule has 1 amide bonds. The predicted octanol–water partition coefficient (Wildman–Crippen LogP) is 2.98. The molecule has 112 valence electrons. The Labute approximate surface area is 119 Å². The zero-order chi connectivity index (χ0) is 15.6. The molecule has 2 rings (SSSR count). The van der Waals surface area contributed by atoms with Gasteiger partial charge in [-0.2, -0.15) is 18.3 Å². The van der Waals surface area contributed by atoms with Crippen LogP contribution in [0, 0.1) is 0 Å². The Bertz CT molecular complexity index is 635. The standard InChI is InChI=1S/C14H14F3N3O/c1-3-19(2)13(21)11-9-18-20(12(11)14(15,16)17)10-7-5-4-6-8-10/h4-9H,3H2,1-2H3. The first-order valence-corrected chi connectivity index (χ1v) is 6.32. The van der Waals surface area contributed by atoms with E-state index in [0.29, 0.717) is 6.54 Å². The molecule has 21 heavy (non-hydrogen) atoms. The lowest BCUT2D eigenvalue weighted by Crippen LogP contribution is -2.28. The molecule has 0 bridgehead atoms. The summed E-state index contributed by atoms with van der Waals surface area (Å²) in [4.78, 5) is 13.3. The number of hydrogen-bond donors (Lipinski definition) is 0. The van der Waals surface area contributed by atoms with E-state index in [1.165, 1.54) is 24.1 Å². The number of alkyl halides is 3. The number of carbonyl (C=O) groups excluding carboxylic acids is 1. The Kier molecular flexibility index (Phi) is 4.02. The maximum atomic E-state index is 13.3. The van der Waals surface area contributed by atoms with E-state index in [1.54, 1.807) is 25.1 Å². The Morgan fingerprint density at radius 2 is 1.90 bits per heavy atom. The Morgan fingerprint density at radius 1 is 1.29 bits per heavy atom. The van der Waals surface area contributed by atoms with Gasteiger partial charge in [0, 0.05) is 13.6 Å². The summed E-state index contributed by atoms with van der Waals surface area (Å²) in [6, 6.07) is 7.91. The number of rotatable bonds is 3. The van der Waals surface area contributed by atoms with E-state index in [9.17, 15) is 18.0 Å². The molecule has 4 nitrogen and oxygen atoms in total. The minimum atomic E-state index is -4.67. The van der Waals surface area contributed by atoms with Crippen LogP contribution in [0.5, 0.6) is 0 Å². The van der Waals surface area contributed by atoms with Crippen molar-refractivity contribution in [3.8, 4) is 5.69 Å². The second kappa shape index (κ2) is 5.59. The van der Waals surface area contributed by atoms with Gasteiger partial charge in [0.15, 0.2) is 5.69 Å². The molecule has 0 saturated heterocycles. The van der Waals surface area contributed by atoms with Crippen LogP contribution in [0.4, 0.5) is 13.2 Å². The molecular weight excluding hydrogens is 283 g/mol. The summed E-state index contributed by atoms with van der Waals surface area (Å²) in [5.41, 5.74) is -1.25. The summed E-state index contributed by atoms with van der Waals surface area (Å²) in [5, 5.41) is 3.74. The van der Waals surface area contributed by atoms with Crippen molar-refractivity contribution in [3.05, 3.63) is 47.8 Å². The van der Waals surface area contributed by atoms with Gasteiger partial charge in [0.2, 0.25) is 0 Å². The molecule has 0 aliphatic carbocycles. The number of carbonyl (C=O) groups is 1. The summed E-state index contributed by atoms with van der Waals surface area (Å²) in [6.07, 6.45) is -3.71. The van der Waals surface area contributed by atoms with Gasteiger partial charge < -0.3 is 4.90 Å². The normalized spacial score (nSPS) is 11.5. The first kappa shape index (κ1) is 15.1. The van der Waals surface area contributed by atoms with Gasteiger partial charge in [-0.3, -0.25) is 4.79 Å². The molecule has 0 saturated carbocycles. The zero-order valence-corrected chi connectivity index (χ0v) is 11.6. The van der Waals surface area contributed by atoms with E-state index in [0.717, 1.165) is 10.9 Å². The molecule has 1 heterocycles. The fourth-order valence-corrected chi connectivity index (χ4v) is 1.89. The van der Waals surface area contributed by atoms with Crippen molar-refractivity contribution in [3.63, 3.8) is 0 Å². The minimum Gasteiger partial charge on any atom is -0.342 e. The van der Waals surface area contributed by atoms with Crippen LogP contribution >= 0.6 is 0 Å². The number of aromatic nitrogens is 2. The van der Waals surface area contributed by atoms with Crippen LogP contribution < -0.4 is 0 Å². The summed E-state index contributed by atoms with van der Waals surface area (Å²) in [5.74, 6) is -0.702. The summed E-state index contributed by atoms with van der Waals surface area (Å²) in [6.45, 7) is 2.00. The molecule has 7 heteroatoms. The smallest absolute Gasteiger partial charge is 0.342 e. The Morgan fingerprint density at radius 3 is 2.43 bits per heavy atom. The molecule has 1 aromatic carbocycles. The van der Waals surface area contributed by atoms with Gasteiger partial charge in [-0.15, -0.1) is 0 Å². The fourth-order valence-electron chi connectivity index (χ4n) is 1.89. The van der Waals surface area contributed by atoms with Crippen molar-refractivity contribution in [2.45, 2.75) is 13.1 Å². The number of amides is 1. The highest BCUT2D eigenvalue weighted by Crippen LogP contribution is 2.34. The van der Waals surface area contributed by atoms with E-state index in [2.05, 4.69) is 5.10 Å². The highest BCUT2D eigenvalue weighted by atomic mass is 19.4. The first-order chi connectivity index (χ1) is 9.86. The summed E-state index contributed by atoms with van der Waals surface area (Å²) >= 11 is 0. The van der Waals surface area contributed by atoms with Gasteiger partial charge in [0.1, 0.15) is 0 Å². The Hall–Kier alpha value is -2.31. The highest BCUT2D eigenvalue weighted by Gasteiger charge is 2.41. The zero-order valence-electron chi connectivity index (χ0n) is 11.6. The second-order valence-electron chi connectivity index (χ2n) is 4.47. The minimum absolute atomic E-state index is 0.253. The average molecular weight is 297 g/mol. The van der Waals surface area contributed by atoms with Gasteiger partial charge in [-0.25, -0.2) is 4.68 Å². The Balaban J connectivity index is 2.60. The van der Waals surface area contributed by atoms with Crippen LogP contribution in [-0.4, -0.2) is 34.2 Å². The number of benzene rings is 1. The molecule has 2 aromatic rings. The van der Waals surface area contributed by atoms with Crippen LogP contribution in [0.3, 0.4) is 0 Å². The number of nitrogens with zero attached hydrogens (tertiary/aromatic N) is 3. The monoisotopic (exact) mass is 297 g/mol. The van der Waals surface area contributed by atoms with Crippen molar-refractivity contribution in [2.75, 3.05) is 13.6 Å². The van der Waals surface area contributed by atoms with E-state index in [-0.39, 0.29) is 5.69 Å². The molecule has 0 aliphatic heterocycles. The molecule has 1 aromatic heterocycles. The van der Waals surface area contributed by atoms with Gasteiger partial charge in [0.05, 0.1) is 17.4 Å². The third-order valence-corrected chi connectivity index (χ3v) is 3.09. The molecular formula is C14H14F3N3O. The van der Waals surface area contributed by atoms with Crippen LogP contribution in [0.15, 0.2) is 36.5 Å². The fraction of sp³-hybridized carbons (Fsp3) is 0.286. The largest absolute Gasteiger partial charge is 0.434 e. The van der Waals surface area contributed by atoms with Crippen LogP contribution in [0.1, 0.15) is 23.0 Å². The molecule has 0 unspecified atom stereocenters. The topological polar surface area (TPSA) is 38.1 Å². The predicted molar refractivity (Wildman–Crippen MR) is 71.2 cm³/mol. The van der Waals surface area contributed by atoms with Crippen molar-refractivity contribution >= 4 is 5.91 Å². The van der Waals surface area contributed by atoms with Crippen molar-refractivity contribution in [1.82, 2.24) is 14.7 Å².